The number of hydrogen-bond acceptors (Lipinski definition) is 8. The van der Waals surface area contributed by atoms with Crippen LogP contribution in [0.1, 0.15) is 11.5 Å². The van der Waals surface area contributed by atoms with Crippen LogP contribution in [0.5, 0.6) is 0 Å². The number of benzene rings is 1. The fourth-order valence-corrected chi connectivity index (χ4v) is 3.20. The molecular formula is C20H25N9O. The topological polar surface area (TPSA) is 115 Å². The first-order chi connectivity index (χ1) is 14.5. The summed E-state index contributed by atoms with van der Waals surface area (Å²) in [7, 11) is 2.11. The summed E-state index contributed by atoms with van der Waals surface area (Å²) in [6.45, 7) is 5.55. The Morgan fingerprint density at radius 3 is 2.63 bits per heavy atom. The van der Waals surface area contributed by atoms with Crippen LogP contribution >= 0.6 is 0 Å². The van der Waals surface area contributed by atoms with Crippen molar-refractivity contribution in [2.45, 2.75) is 13.3 Å². The number of anilines is 4. The average molecular weight is 407 g/mol. The van der Waals surface area contributed by atoms with E-state index in [1.807, 2.05) is 37.3 Å². The zero-order chi connectivity index (χ0) is 20.9. The lowest BCUT2D eigenvalue weighted by Gasteiger charge is -2.32. The zero-order valence-electron chi connectivity index (χ0n) is 17.1. The van der Waals surface area contributed by atoms with E-state index in [1.54, 1.807) is 6.07 Å². The van der Waals surface area contributed by atoms with Gasteiger partial charge >= 0.3 is 0 Å². The van der Waals surface area contributed by atoms with Crippen molar-refractivity contribution in [2.75, 3.05) is 48.8 Å². The number of piperazine rings is 1. The van der Waals surface area contributed by atoms with Crippen LogP contribution in [0.4, 0.5) is 23.4 Å². The van der Waals surface area contributed by atoms with E-state index in [1.165, 1.54) is 0 Å². The van der Waals surface area contributed by atoms with Crippen LogP contribution in [0.2, 0.25) is 0 Å². The zero-order valence-corrected chi connectivity index (χ0v) is 17.1. The molecule has 10 heteroatoms. The molecule has 0 bridgehead atoms. The molecule has 1 aliphatic heterocycles. The molecule has 0 spiro atoms. The first-order valence-corrected chi connectivity index (χ1v) is 9.87. The summed E-state index contributed by atoms with van der Waals surface area (Å²) < 4.78 is 0. The number of nitrogens with zero attached hydrogens (tertiary/aromatic N) is 6. The van der Waals surface area contributed by atoms with E-state index >= 15 is 0 Å². The largest absolute Gasteiger partial charge is 0.338 e. The van der Waals surface area contributed by atoms with Gasteiger partial charge in [-0.2, -0.15) is 20.1 Å². The van der Waals surface area contributed by atoms with Crippen molar-refractivity contribution in [2.24, 2.45) is 0 Å². The second-order valence-corrected chi connectivity index (χ2v) is 7.29. The Kier molecular flexibility index (Phi) is 5.84. The SMILES string of the molecule is Cc1nc(Nc2cc(CC(=O)Nc3ccccc3)[nH]n2)nc(N2CCN(C)CC2)n1. The molecule has 0 unspecified atom stereocenters. The highest BCUT2D eigenvalue weighted by molar-refractivity contribution is 5.92. The molecule has 3 aromatic rings. The number of hydrogen-bond donors (Lipinski definition) is 3. The predicted molar refractivity (Wildman–Crippen MR) is 115 cm³/mol. The van der Waals surface area contributed by atoms with Crippen LogP contribution < -0.4 is 15.5 Å². The number of H-pyrrole nitrogens is 1. The maximum atomic E-state index is 12.2. The number of amides is 1. The van der Waals surface area contributed by atoms with Gasteiger partial charge in [0, 0.05) is 43.6 Å². The fraction of sp³-hybridized carbons (Fsp3) is 0.350. The third-order valence-electron chi connectivity index (χ3n) is 4.80. The minimum atomic E-state index is -0.121. The van der Waals surface area contributed by atoms with Gasteiger partial charge in [-0.15, -0.1) is 0 Å². The summed E-state index contributed by atoms with van der Waals surface area (Å²) in [5.41, 5.74) is 1.45. The molecule has 4 rings (SSSR count). The number of carbonyl (C=O) groups excluding carboxylic acids is 1. The van der Waals surface area contributed by atoms with Crippen molar-refractivity contribution in [1.82, 2.24) is 30.0 Å². The number of aromatic amines is 1. The molecule has 156 valence electrons. The minimum absolute atomic E-state index is 0.121. The van der Waals surface area contributed by atoms with Gasteiger partial charge in [0.25, 0.3) is 0 Å². The molecule has 2 aromatic heterocycles. The number of nitrogens with one attached hydrogen (secondary N) is 3. The molecule has 30 heavy (non-hydrogen) atoms. The standard InChI is InChI=1S/C20H25N9O/c1-14-21-19(25-20(22-14)29-10-8-28(2)9-11-29)24-17-12-16(26-27-17)13-18(30)23-15-6-4-3-5-7-15/h3-7,12H,8-11,13H2,1-2H3,(H,23,30)(H2,21,22,24,25,26,27). The molecule has 0 saturated carbocycles. The third-order valence-corrected chi connectivity index (χ3v) is 4.80. The summed E-state index contributed by atoms with van der Waals surface area (Å²) >= 11 is 0. The Bertz CT molecular complexity index is 997. The van der Waals surface area contributed by atoms with Crippen LogP contribution in [0.25, 0.3) is 0 Å². The molecule has 0 aliphatic carbocycles. The van der Waals surface area contributed by atoms with Gasteiger partial charge in [0.2, 0.25) is 17.8 Å². The molecule has 1 amide bonds. The van der Waals surface area contributed by atoms with Gasteiger partial charge in [-0.1, -0.05) is 18.2 Å². The molecular weight excluding hydrogens is 382 g/mol. The minimum Gasteiger partial charge on any atom is -0.338 e. The van der Waals surface area contributed by atoms with Crippen molar-refractivity contribution < 1.29 is 4.79 Å². The maximum absolute atomic E-state index is 12.2. The Balaban J connectivity index is 1.39. The van der Waals surface area contributed by atoms with E-state index in [0.717, 1.165) is 31.9 Å². The monoisotopic (exact) mass is 407 g/mol. The summed E-state index contributed by atoms with van der Waals surface area (Å²) in [5.74, 6) is 2.16. The molecule has 1 saturated heterocycles. The molecule has 3 N–H and O–H groups in total. The van der Waals surface area contributed by atoms with Crippen LogP contribution in [0.15, 0.2) is 36.4 Å². The normalized spacial score (nSPS) is 14.5. The molecule has 10 nitrogen and oxygen atoms in total. The number of likely N-dealkylation sites (N-methyl/N-ethyl adjacent to an activating group) is 1. The number of para-hydroxylation sites is 1. The van der Waals surface area contributed by atoms with Gasteiger partial charge in [0.1, 0.15) is 5.82 Å². The van der Waals surface area contributed by atoms with Gasteiger partial charge in [0.15, 0.2) is 5.82 Å². The quantitative estimate of drug-likeness (QED) is 0.564. The van der Waals surface area contributed by atoms with Crippen molar-refractivity contribution in [3.63, 3.8) is 0 Å². The van der Waals surface area contributed by atoms with Crippen molar-refractivity contribution >= 4 is 29.3 Å². The van der Waals surface area contributed by atoms with Gasteiger partial charge in [0.05, 0.1) is 6.42 Å². The van der Waals surface area contributed by atoms with Crippen LogP contribution in [-0.4, -0.2) is 69.2 Å². The fourth-order valence-electron chi connectivity index (χ4n) is 3.20. The summed E-state index contributed by atoms with van der Waals surface area (Å²) in [4.78, 5) is 30.0. The number of rotatable bonds is 6. The summed E-state index contributed by atoms with van der Waals surface area (Å²) in [6, 6.07) is 11.1. The van der Waals surface area contributed by atoms with Crippen LogP contribution in [0, 0.1) is 6.92 Å². The van der Waals surface area contributed by atoms with Crippen LogP contribution in [-0.2, 0) is 11.2 Å². The van der Waals surface area contributed by atoms with Gasteiger partial charge < -0.3 is 20.4 Å². The Labute approximate surface area is 174 Å². The molecule has 1 aliphatic rings. The van der Waals surface area contributed by atoms with Crippen LogP contribution in [0.3, 0.4) is 0 Å². The Morgan fingerprint density at radius 2 is 1.87 bits per heavy atom. The first kappa shape index (κ1) is 19.8. The van der Waals surface area contributed by atoms with E-state index in [-0.39, 0.29) is 12.3 Å². The molecule has 0 radical (unpaired) electrons. The van der Waals surface area contributed by atoms with Crippen molar-refractivity contribution in [3.8, 4) is 0 Å². The number of aromatic nitrogens is 5. The second-order valence-electron chi connectivity index (χ2n) is 7.29. The van der Waals surface area contributed by atoms with E-state index in [0.29, 0.717) is 29.2 Å². The van der Waals surface area contributed by atoms with E-state index < -0.39 is 0 Å². The predicted octanol–water partition coefficient (Wildman–Crippen LogP) is 1.58. The molecule has 1 fully saturated rings. The first-order valence-electron chi connectivity index (χ1n) is 9.87. The smallest absolute Gasteiger partial charge is 0.233 e. The van der Waals surface area contributed by atoms with Crippen molar-refractivity contribution in [1.29, 1.82) is 0 Å². The van der Waals surface area contributed by atoms with E-state index in [9.17, 15) is 4.79 Å². The van der Waals surface area contributed by atoms with Gasteiger partial charge in [-0.25, -0.2) is 0 Å². The Hall–Kier alpha value is -3.53. The lowest BCUT2D eigenvalue weighted by atomic mass is 10.2. The molecule has 0 atom stereocenters. The Morgan fingerprint density at radius 1 is 1.10 bits per heavy atom. The van der Waals surface area contributed by atoms with Crippen molar-refractivity contribution in [3.05, 3.63) is 47.9 Å². The molecule has 3 heterocycles. The highest BCUT2D eigenvalue weighted by Crippen LogP contribution is 2.17. The molecule has 1 aromatic carbocycles. The lowest BCUT2D eigenvalue weighted by Crippen LogP contribution is -2.45. The van der Waals surface area contributed by atoms with Gasteiger partial charge in [-0.05, 0) is 26.1 Å². The number of aryl methyl sites for hydroxylation is 1. The van der Waals surface area contributed by atoms with Gasteiger partial charge in [-0.3, -0.25) is 9.89 Å². The number of carbonyl (C=O) groups is 1. The maximum Gasteiger partial charge on any atom is 0.233 e. The van der Waals surface area contributed by atoms with E-state index in [2.05, 4.69) is 52.6 Å². The average Bonchev–Trinajstić information content (AvgIpc) is 3.15. The highest BCUT2D eigenvalue weighted by atomic mass is 16.1. The summed E-state index contributed by atoms with van der Waals surface area (Å²) in [5, 5.41) is 13.1. The van der Waals surface area contributed by atoms with E-state index in [4.69, 9.17) is 0 Å². The summed E-state index contributed by atoms with van der Waals surface area (Å²) in [6.07, 6.45) is 0.187. The highest BCUT2D eigenvalue weighted by Gasteiger charge is 2.18. The third kappa shape index (κ3) is 5.09. The lowest BCUT2D eigenvalue weighted by molar-refractivity contribution is -0.115. The second kappa shape index (κ2) is 8.87.